The lowest BCUT2D eigenvalue weighted by Gasteiger charge is -2.52. The Morgan fingerprint density at radius 3 is 1.55 bits per heavy atom. The molecule has 0 saturated carbocycles. The SMILES string of the molecule is Cc1cc(C)c(B2C3=C4C(=CCC3)N3c5cc6ccc(C(C)C)cc6cc5B(c5c(C)cc(C)cc5C)c5cccc(c53)N4c3cc4ccc(C(C)C)cc4cc32)c(C)c1. The van der Waals surface area contributed by atoms with E-state index in [0.717, 1.165) is 12.8 Å². The van der Waals surface area contributed by atoms with Crippen molar-refractivity contribution in [3.05, 3.63) is 171 Å². The molecule has 11 rings (SSSR count). The molecule has 0 fully saturated rings. The molecule has 0 N–H and O–H groups in total. The Morgan fingerprint density at radius 2 is 1.00 bits per heavy atom. The number of anilines is 4. The van der Waals surface area contributed by atoms with Gasteiger partial charge in [-0.05, 0) is 133 Å². The van der Waals surface area contributed by atoms with E-state index in [0.29, 0.717) is 11.8 Å². The molecule has 294 valence electrons. The van der Waals surface area contributed by atoms with Gasteiger partial charge in [0.25, 0.3) is 0 Å². The molecule has 0 amide bonds. The fraction of sp³-hybridized carbons (Fsp3) is 0.250. The third-order valence-electron chi connectivity index (χ3n) is 14.4. The molecule has 0 atom stereocenters. The molecule has 3 heterocycles. The number of rotatable bonds is 4. The van der Waals surface area contributed by atoms with E-state index in [4.69, 9.17) is 0 Å². The molecule has 0 spiro atoms. The first-order valence-corrected chi connectivity index (χ1v) is 22.3. The highest BCUT2D eigenvalue weighted by Gasteiger charge is 2.49. The maximum absolute atomic E-state index is 2.70. The third-order valence-corrected chi connectivity index (χ3v) is 14.4. The van der Waals surface area contributed by atoms with Gasteiger partial charge in [0, 0.05) is 11.4 Å². The summed E-state index contributed by atoms with van der Waals surface area (Å²) in [5.41, 5.74) is 27.5. The molecule has 60 heavy (non-hydrogen) atoms. The number of para-hydroxylation sites is 1. The predicted octanol–water partition coefficient (Wildman–Crippen LogP) is 11.3. The van der Waals surface area contributed by atoms with Gasteiger partial charge in [-0.15, -0.1) is 0 Å². The van der Waals surface area contributed by atoms with Gasteiger partial charge >= 0.3 is 0 Å². The Labute approximate surface area is 357 Å². The molecule has 0 radical (unpaired) electrons. The number of hydrogen-bond acceptors (Lipinski definition) is 2. The number of aryl methyl sites for hydroxylation is 6. The van der Waals surface area contributed by atoms with Gasteiger partial charge in [0.05, 0.1) is 22.8 Å². The van der Waals surface area contributed by atoms with Crippen molar-refractivity contribution in [2.45, 2.75) is 93.9 Å². The first-order chi connectivity index (χ1) is 28.9. The molecule has 0 unspecified atom stereocenters. The number of fused-ring (bicyclic) bond motifs is 8. The van der Waals surface area contributed by atoms with Crippen molar-refractivity contribution in [2.75, 3.05) is 9.80 Å². The standard InChI is InChI=1S/C56H54B2N2/c1-31(2)39-17-19-41-29-51-47(27-43(41)25-39)57(53-35(7)21-33(5)22-36(53)8)45-13-11-16-50-55(45)59(51)49-15-12-14-46-56(49)60(50)52-30-42-20-18-40(32(3)4)26-44(42)28-48(52)58(46)54-37(9)23-34(6)24-38(54)10/h11,13,15-32H,12,14H2,1-10H3. The van der Waals surface area contributed by atoms with Gasteiger partial charge in [-0.3, -0.25) is 0 Å². The molecule has 3 aliphatic heterocycles. The maximum Gasteiger partial charge on any atom is 0.247 e. The summed E-state index contributed by atoms with van der Waals surface area (Å²) in [5, 5.41) is 5.26. The Bertz CT molecular complexity index is 3040. The van der Waals surface area contributed by atoms with Gasteiger partial charge in [0.2, 0.25) is 13.4 Å². The van der Waals surface area contributed by atoms with Gasteiger partial charge in [0.1, 0.15) is 0 Å². The molecule has 0 saturated heterocycles. The fourth-order valence-corrected chi connectivity index (χ4v) is 11.9. The summed E-state index contributed by atoms with van der Waals surface area (Å²) in [5.74, 6) is 0.937. The second-order valence-corrected chi connectivity index (χ2v) is 19.2. The highest BCUT2D eigenvalue weighted by molar-refractivity contribution is 6.99. The Balaban J connectivity index is 1.26. The zero-order valence-corrected chi connectivity index (χ0v) is 37.0. The first kappa shape index (κ1) is 37.3. The third kappa shape index (κ3) is 5.35. The van der Waals surface area contributed by atoms with Crippen LogP contribution in [0.5, 0.6) is 0 Å². The molecule has 7 aromatic carbocycles. The molecule has 1 aliphatic carbocycles. The average molecular weight is 777 g/mol. The van der Waals surface area contributed by atoms with Gasteiger partial charge in [0.15, 0.2) is 0 Å². The predicted molar refractivity (Wildman–Crippen MR) is 262 cm³/mol. The van der Waals surface area contributed by atoms with Crippen LogP contribution >= 0.6 is 0 Å². The molecule has 4 heteroatoms. The monoisotopic (exact) mass is 776 g/mol. The van der Waals surface area contributed by atoms with Gasteiger partial charge in [-0.25, -0.2) is 0 Å². The topological polar surface area (TPSA) is 6.48 Å². The number of nitrogens with zero attached hydrogens (tertiary/aromatic N) is 2. The lowest BCUT2D eigenvalue weighted by molar-refractivity contribution is 0.868. The molecular formula is C56H54B2N2. The number of benzene rings is 7. The van der Waals surface area contributed by atoms with Gasteiger partial charge in [-0.2, -0.15) is 0 Å². The maximum atomic E-state index is 2.70. The lowest BCUT2D eigenvalue weighted by Crippen LogP contribution is -2.61. The van der Waals surface area contributed by atoms with Crippen LogP contribution in [0.25, 0.3) is 21.5 Å². The summed E-state index contributed by atoms with van der Waals surface area (Å²) >= 11 is 0. The molecule has 4 aliphatic rings. The van der Waals surface area contributed by atoms with E-state index in [1.807, 2.05) is 0 Å². The van der Waals surface area contributed by atoms with E-state index in [2.05, 4.69) is 188 Å². The minimum Gasteiger partial charge on any atom is -0.308 e. The molecule has 0 bridgehead atoms. The van der Waals surface area contributed by atoms with Crippen molar-refractivity contribution >= 4 is 85.0 Å². The van der Waals surface area contributed by atoms with Crippen LogP contribution in [0.3, 0.4) is 0 Å². The van der Waals surface area contributed by atoms with Crippen molar-refractivity contribution in [3.8, 4) is 0 Å². The summed E-state index contributed by atoms with van der Waals surface area (Å²) in [7, 11) is 0. The summed E-state index contributed by atoms with van der Waals surface area (Å²) in [4.78, 5) is 5.39. The molecule has 0 aromatic heterocycles. The normalized spacial score (nSPS) is 15.2. The summed E-state index contributed by atoms with van der Waals surface area (Å²) < 4.78 is 0. The Hall–Kier alpha value is -5.73. The van der Waals surface area contributed by atoms with Crippen LogP contribution < -0.4 is 37.1 Å². The fourth-order valence-electron chi connectivity index (χ4n) is 11.9. The number of hydrogen-bond donors (Lipinski definition) is 0. The van der Waals surface area contributed by atoms with E-state index in [1.165, 1.54) is 128 Å². The van der Waals surface area contributed by atoms with Crippen molar-refractivity contribution < 1.29 is 0 Å². The van der Waals surface area contributed by atoms with Crippen LogP contribution in [0.15, 0.2) is 126 Å². The van der Waals surface area contributed by atoms with Crippen LogP contribution in [0.4, 0.5) is 22.7 Å². The average Bonchev–Trinajstić information content (AvgIpc) is 3.20. The van der Waals surface area contributed by atoms with Crippen LogP contribution in [0.1, 0.15) is 96.9 Å². The van der Waals surface area contributed by atoms with Crippen LogP contribution in [-0.4, -0.2) is 13.4 Å². The van der Waals surface area contributed by atoms with E-state index < -0.39 is 0 Å². The van der Waals surface area contributed by atoms with Crippen LogP contribution in [0, 0.1) is 41.5 Å². The van der Waals surface area contributed by atoms with E-state index in [9.17, 15) is 0 Å². The van der Waals surface area contributed by atoms with Crippen molar-refractivity contribution in [2.24, 2.45) is 0 Å². The second kappa shape index (κ2) is 13.4. The zero-order valence-electron chi connectivity index (χ0n) is 37.0. The summed E-state index contributed by atoms with van der Waals surface area (Å²) in [6.07, 6.45) is 4.61. The highest BCUT2D eigenvalue weighted by Crippen LogP contribution is 2.54. The largest absolute Gasteiger partial charge is 0.308 e. The Kier molecular flexibility index (Phi) is 8.32. The number of allylic oxidation sites excluding steroid dienone is 2. The summed E-state index contributed by atoms with van der Waals surface area (Å²) in [6, 6.07) is 41.3. The van der Waals surface area contributed by atoms with E-state index in [-0.39, 0.29) is 13.4 Å². The quantitative estimate of drug-likeness (QED) is 0.164. The van der Waals surface area contributed by atoms with Crippen molar-refractivity contribution in [1.82, 2.24) is 0 Å². The van der Waals surface area contributed by atoms with Crippen molar-refractivity contribution in [3.63, 3.8) is 0 Å². The lowest BCUT2D eigenvalue weighted by atomic mass is 9.32. The summed E-state index contributed by atoms with van der Waals surface area (Å²) in [6.45, 7) is 23.3. The van der Waals surface area contributed by atoms with Crippen molar-refractivity contribution in [1.29, 1.82) is 0 Å². The van der Waals surface area contributed by atoms with Gasteiger partial charge in [-0.1, -0.05) is 168 Å². The smallest absolute Gasteiger partial charge is 0.247 e. The van der Waals surface area contributed by atoms with Gasteiger partial charge < -0.3 is 9.80 Å². The zero-order chi connectivity index (χ0) is 41.5. The van der Waals surface area contributed by atoms with E-state index in [1.54, 1.807) is 5.47 Å². The van der Waals surface area contributed by atoms with Crippen LogP contribution in [0.2, 0.25) is 0 Å². The second-order valence-electron chi connectivity index (χ2n) is 19.2. The van der Waals surface area contributed by atoms with Crippen LogP contribution in [-0.2, 0) is 0 Å². The minimum atomic E-state index is 0.0917. The first-order valence-electron chi connectivity index (χ1n) is 22.3. The molecule has 7 aromatic rings. The van der Waals surface area contributed by atoms with E-state index >= 15 is 0 Å². The Morgan fingerprint density at radius 1 is 0.483 bits per heavy atom. The molecular weight excluding hydrogens is 722 g/mol. The minimum absolute atomic E-state index is 0.0917. The molecule has 2 nitrogen and oxygen atoms in total. The highest BCUT2D eigenvalue weighted by atomic mass is 15.3.